The van der Waals surface area contributed by atoms with Gasteiger partial charge in [0.05, 0.1) is 6.10 Å². The molecule has 0 radical (unpaired) electrons. The van der Waals surface area contributed by atoms with Crippen molar-refractivity contribution < 1.29 is 14.6 Å². The van der Waals surface area contributed by atoms with Crippen molar-refractivity contribution in [2.45, 2.75) is 51.2 Å². The van der Waals surface area contributed by atoms with Crippen LogP contribution in [-0.4, -0.2) is 23.6 Å². The van der Waals surface area contributed by atoms with Crippen molar-refractivity contribution in [2.24, 2.45) is 0 Å². The second-order valence-electron chi connectivity index (χ2n) is 5.15. The topological polar surface area (TPSA) is 46.5 Å². The molecule has 2 atom stereocenters. The van der Waals surface area contributed by atoms with E-state index in [9.17, 15) is 9.90 Å². The number of ether oxygens (including phenoxy) is 1. The minimum atomic E-state index is -0.587. The summed E-state index contributed by atoms with van der Waals surface area (Å²) in [7, 11) is 0. The predicted molar refractivity (Wildman–Crippen MR) is 74.2 cm³/mol. The number of rotatable bonds is 5. The summed E-state index contributed by atoms with van der Waals surface area (Å²) in [5.74, 6) is 0.164. The third-order valence-corrected chi connectivity index (χ3v) is 3.62. The molecule has 3 nitrogen and oxygen atoms in total. The molecule has 104 valence electrons. The number of aliphatic hydroxyl groups excluding tert-OH is 1. The van der Waals surface area contributed by atoms with Gasteiger partial charge < -0.3 is 9.84 Å². The van der Waals surface area contributed by atoms with Crippen LogP contribution < -0.4 is 0 Å². The molecular formula is C16H22O3. The Bertz CT molecular complexity index is 405. The van der Waals surface area contributed by atoms with Crippen molar-refractivity contribution in [3.8, 4) is 0 Å². The lowest BCUT2D eigenvalue weighted by Crippen LogP contribution is -2.26. The summed E-state index contributed by atoms with van der Waals surface area (Å²) in [6, 6.07) is 7.29. The van der Waals surface area contributed by atoms with Crippen molar-refractivity contribution in [1.82, 2.24) is 0 Å². The Morgan fingerprint density at radius 2 is 2.11 bits per heavy atom. The molecule has 0 amide bonds. The van der Waals surface area contributed by atoms with Gasteiger partial charge in [0.2, 0.25) is 0 Å². The number of hydrogen-bond donors (Lipinski definition) is 1. The lowest BCUT2D eigenvalue weighted by atomic mass is 9.96. The highest BCUT2D eigenvalue weighted by Crippen LogP contribution is 2.26. The van der Waals surface area contributed by atoms with Gasteiger partial charge in [-0.25, -0.2) is 0 Å². The molecule has 1 aromatic rings. The minimum Gasteiger partial charge on any atom is -0.386 e. The van der Waals surface area contributed by atoms with E-state index in [0.717, 1.165) is 43.4 Å². The standard InChI is InChI=1S/C16H22O3/c1-2-5-14(17)12-7-9-13(10-8-12)16(18)15-6-3-4-11-19-15/h7-10,15-16,18H,2-6,11H2,1H3. The summed E-state index contributed by atoms with van der Waals surface area (Å²) >= 11 is 0. The van der Waals surface area contributed by atoms with Crippen LogP contribution in [0.2, 0.25) is 0 Å². The van der Waals surface area contributed by atoms with Crippen molar-refractivity contribution >= 4 is 5.78 Å². The van der Waals surface area contributed by atoms with E-state index in [1.807, 2.05) is 19.1 Å². The summed E-state index contributed by atoms with van der Waals surface area (Å²) in [6.45, 7) is 2.73. The normalized spacial score (nSPS) is 21.1. The third kappa shape index (κ3) is 3.64. The molecule has 0 spiro atoms. The summed E-state index contributed by atoms with van der Waals surface area (Å²) < 4.78 is 5.59. The molecule has 0 aromatic heterocycles. The van der Waals surface area contributed by atoms with E-state index < -0.39 is 6.10 Å². The number of Topliss-reactive ketones (excluding diaryl/α,β-unsaturated/α-hetero) is 1. The van der Waals surface area contributed by atoms with Crippen molar-refractivity contribution in [3.63, 3.8) is 0 Å². The maximum Gasteiger partial charge on any atom is 0.162 e. The van der Waals surface area contributed by atoms with Crippen LogP contribution in [0.4, 0.5) is 0 Å². The zero-order valence-corrected chi connectivity index (χ0v) is 11.5. The van der Waals surface area contributed by atoms with Gasteiger partial charge >= 0.3 is 0 Å². The van der Waals surface area contributed by atoms with Gasteiger partial charge in [0.15, 0.2) is 5.78 Å². The SMILES string of the molecule is CCCC(=O)c1ccc(C(O)C2CCCCO2)cc1. The summed E-state index contributed by atoms with van der Waals surface area (Å²) in [4.78, 5) is 11.7. The van der Waals surface area contributed by atoms with Crippen LogP contribution in [0.25, 0.3) is 0 Å². The number of benzene rings is 1. The quantitative estimate of drug-likeness (QED) is 0.828. The highest BCUT2D eigenvalue weighted by atomic mass is 16.5. The van der Waals surface area contributed by atoms with E-state index in [1.165, 1.54) is 0 Å². The second-order valence-corrected chi connectivity index (χ2v) is 5.15. The molecule has 19 heavy (non-hydrogen) atoms. The van der Waals surface area contributed by atoms with Gasteiger partial charge in [-0.3, -0.25) is 4.79 Å². The first-order valence-corrected chi connectivity index (χ1v) is 7.15. The molecular weight excluding hydrogens is 240 g/mol. The van der Waals surface area contributed by atoms with Gasteiger partial charge in [0, 0.05) is 18.6 Å². The molecule has 1 aliphatic rings. The van der Waals surface area contributed by atoms with Crippen LogP contribution in [-0.2, 0) is 4.74 Å². The zero-order valence-electron chi connectivity index (χ0n) is 11.5. The Balaban J connectivity index is 2.02. The largest absolute Gasteiger partial charge is 0.386 e. The van der Waals surface area contributed by atoms with E-state index >= 15 is 0 Å². The summed E-state index contributed by atoms with van der Waals surface area (Å²) in [5.41, 5.74) is 1.56. The predicted octanol–water partition coefficient (Wildman–Crippen LogP) is 3.27. The van der Waals surface area contributed by atoms with Crippen LogP contribution in [0.5, 0.6) is 0 Å². The molecule has 2 rings (SSSR count). The van der Waals surface area contributed by atoms with Crippen LogP contribution in [0, 0.1) is 0 Å². The number of ketones is 1. The molecule has 0 saturated carbocycles. The van der Waals surface area contributed by atoms with Crippen molar-refractivity contribution in [2.75, 3.05) is 6.61 Å². The number of aliphatic hydroxyl groups is 1. The zero-order chi connectivity index (χ0) is 13.7. The van der Waals surface area contributed by atoms with E-state index in [0.29, 0.717) is 6.42 Å². The van der Waals surface area contributed by atoms with Gasteiger partial charge in [-0.2, -0.15) is 0 Å². The van der Waals surface area contributed by atoms with Crippen molar-refractivity contribution in [1.29, 1.82) is 0 Å². The Hall–Kier alpha value is -1.19. The molecule has 1 aromatic carbocycles. The van der Waals surface area contributed by atoms with Crippen LogP contribution >= 0.6 is 0 Å². The van der Waals surface area contributed by atoms with E-state index in [1.54, 1.807) is 12.1 Å². The number of carbonyl (C=O) groups excluding carboxylic acids is 1. The highest BCUT2D eigenvalue weighted by Gasteiger charge is 2.23. The highest BCUT2D eigenvalue weighted by molar-refractivity contribution is 5.96. The van der Waals surface area contributed by atoms with Gasteiger partial charge in [0.1, 0.15) is 6.10 Å². The minimum absolute atomic E-state index is 0.106. The molecule has 1 fully saturated rings. The first-order chi connectivity index (χ1) is 9.22. The maximum absolute atomic E-state index is 11.7. The Morgan fingerprint density at radius 1 is 1.37 bits per heavy atom. The summed E-state index contributed by atoms with van der Waals surface area (Å²) in [6.07, 6.45) is 3.83. The van der Waals surface area contributed by atoms with Gasteiger partial charge in [-0.15, -0.1) is 0 Å². The first kappa shape index (κ1) is 14.2. The van der Waals surface area contributed by atoms with E-state index in [4.69, 9.17) is 4.74 Å². The lowest BCUT2D eigenvalue weighted by Gasteiger charge is -2.27. The fraction of sp³-hybridized carbons (Fsp3) is 0.562. The molecule has 1 heterocycles. The molecule has 3 heteroatoms. The Kier molecular flexibility index (Phi) is 5.11. The van der Waals surface area contributed by atoms with E-state index in [-0.39, 0.29) is 11.9 Å². The first-order valence-electron chi connectivity index (χ1n) is 7.15. The lowest BCUT2D eigenvalue weighted by molar-refractivity contribution is -0.0633. The van der Waals surface area contributed by atoms with Crippen LogP contribution in [0.1, 0.15) is 61.1 Å². The molecule has 1 N–H and O–H groups in total. The summed E-state index contributed by atoms with van der Waals surface area (Å²) in [5, 5.41) is 10.3. The average Bonchev–Trinajstić information content (AvgIpc) is 2.48. The molecule has 1 saturated heterocycles. The maximum atomic E-state index is 11.7. The van der Waals surface area contributed by atoms with Crippen LogP contribution in [0.15, 0.2) is 24.3 Å². The average molecular weight is 262 g/mol. The second kappa shape index (κ2) is 6.83. The molecule has 0 bridgehead atoms. The fourth-order valence-corrected chi connectivity index (χ4v) is 2.47. The number of hydrogen-bond acceptors (Lipinski definition) is 3. The number of carbonyl (C=O) groups is 1. The third-order valence-electron chi connectivity index (χ3n) is 3.62. The molecule has 1 aliphatic heterocycles. The molecule has 0 aliphatic carbocycles. The fourth-order valence-electron chi connectivity index (χ4n) is 2.47. The van der Waals surface area contributed by atoms with Gasteiger partial charge in [-0.05, 0) is 31.2 Å². The Morgan fingerprint density at radius 3 is 2.68 bits per heavy atom. The Labute approximate surface area is 114 Å². The van der Waals surface area contributed by atoms with Crippen LogP contribution in [0.3, 0.4) is 0 Å². The smallest absolute Gasteiger partial charge is 0.162 e. The molecule has 2 unspecified atom stereocenters. The van der Waals surface area contributed by atoms with Gasteiger partial charge in [0.25, 0.3) is 0 Å². The monoisotopic (exact) mass is 262 g/mol. The van der Waals surface area contributed by atoms with E-state index in [2.05, 4.69) is 0 Å². The van der Waals surface area contributed by atoms with Gasteiger partial charge in [-0.1, -0.05) is 31.2 Å². The van der Waals surface area contributed by atoms with Crippen molar-refractivity contribution in [3.05, 3.63) is 35.4 Å².